The molecule has 1 aromatic rings. The molecule has 88 valence electrons. The monoisotopic (exact) mass is 304 g/mol. The number of hydrogen-bond donors (Lipinski definition) is 0. The van der Waals surface area contributed by atoms with Crippen LogP contribution in [0.15, 0.2) is 22.7 Å². The molecule has 0 unspecified atom stereocenters. The summed E-state index contributed by atoms with van der Waals surface area (Å²) < 4.78 is 5.96. The first-order valence-corrected chi connectivity index (χ1v) is 6.53. The molecule has 0 fully saturated rings. The highest BCUT2D eigenvalue weighted by Crippen LogP contribution is 2.19. The maximum absolute atomic E-state index is 11.7. The normalized spacial score (nSPS) is 10.2. The molecule has 4 heteroatoms. The standard InChI is InChI=1S/C12H14BrClO2/c1-2-16-12(15)11-6-5-10(13)8-9(11)4-3-7-14/h5-6,8H,2-4,7H2,1H3. The predicted octanol–water partition coefficient (Wildman–Crippen LogP) is 3.80. The zero-order valence-electron chi connectivity index (χ0n) is 9.13. The third-order valence-electron chi connectivity index (χ3n) is 2.14. The fourth-order valence-electron chi connectivity index (χ4n) is 1.43. The third-order valence-corrected chi connectivity index (χ3v) is 2.90. The van der Waals surface area contributed by atoms with Gasteiger partial charge < -0.3 is 4.74 Å². The van der Waals surface area contributed by atoms with Crippen LogP contribution in [-0.2, 0) is 11.2 Å². The van der Waals surface area contributed by atoms with E-state index >= 15 is 0 Å². The van der Waals surface area contributed by atoms with Gasteiger partial charge in [0.25, 0.3) is 0 Å². The van der Waals surface area contributed by atoms with Gasteiger partial charge in [-0.3, -0.25) is 0 Å². The van der Waals surface area contributed by atoms with Gasteiger partial charge in [0.15, 0.2) is 0 Å². The maximum Gasteiger partial charge on any atom is 0.338 e. The summed E-state index contributed by atoms with van der Waals surface area (Å²) in [6.07, 6.45) is 1.64. The zero-order valence-corrected chi connectivity index (χ0v) is 11.5. The van der Waals surface area contributed by atoms with Crippen LogP contribution in [0, 0.1) is 0 Å². The van der Waals surface area contributed by atoms with Crippen molar-refractivity contribution in [2.24, 2.45) is 0 Å². The van der Waals surface area contributed by atoms with Crippen molar-refractivity contribution >= 4 is 33.5 Å². The third kappa shape index (κ3) is 3.80. The SMILES string of the molecule is CCOC(=O)c1ccc(Br)cc1CCCCl. The quantitative estimate of drug-likeness (QED) is 0.611. The topological polar surface area (TPSA) is 26.3 Å². The Morgan fingerprint density at radius 2 is 2.25 bits per heavy atom. The molecule has 0 saturated heterocycles. The second-order valence-corrected chi connectivity index (χ2v) is 4.61. The molecule has 0 spiro atoms. The predicted molar refractivity (Wildman–Crippen MR) is 69.1 cm³/mol. The number of ether oxygens (including phenoxy) is 1. The number of rotatable bonds is 5. The molecule has 0 heterocycles. The molecule has 1 rings (SSSR count). The lowest BCUT2D eigenvalue weighted by molar-refractivity contribution is 0.0525. The highest BCUT2D eigenvalue weighted by molar-refractivity contribution is 9.10. The molecule has 0 saturated carbocycles. The molecule has 0 aliphatic rings. The number of esters is 1. The number of aryl methyl sites for hydroxylation is 1. The second-order valence-electron chi connectivity index (χ2n) is 3.31. The summed E-state index contributed by atoms with van der Waals surface area (Å²) in [5.74, 6) is 0.328. The molecule has 2 nitrogen and oxygen atoms in total. The van der Waals surface area contributed by atoms with E-state index in [-0.39, 0.29) is 5.97 Å². The van der Waals surface area contributed by atoms with E-state index in [0.717, 1.165) is 22.9 Å². The molecule has 0 aromatic heterocycles. The Labute approximate surface area is 109 Å². The first-order valence-electron chi connectivity index (χ1n) is 5.20. The molecular weight excluding hydrogens is 291 g/mol. The summed E-state index contributed by atoms with van der Waals surface area (Å²) in [5, 5.41) is 0. The molecule has 0 amide bonds. The summed E-state index contributed by atoms with van der Waals surface area (Å²) in [6.45, 7) is 2.19. The van der Waals surface area contributed by atoms with E-state index in [1.54, 1.807) is 13.0 Å². The Morgan fingerprint density at radius 3 is 2.88 bits per heavy atom. The van der Waals surface area contributed by atoms with Gasteiger partial charge in [-0.15, -0.1) is 11.6 Å². The lowest BCUT2D eigenvalue weighted by Crippen LogP contribution is -2.08. The van der Waals surface area contributed by atoms with Crippen LogP contribution in [0.2, 0.25) is 0 Å². The van der Waals surface area contributed by atoms with Crippen molar-refractivity contribution in [3.05, 3.63) is 33.8 Å². The van der Waals surface area contributed by atoms with Gasteiger partial charge in [-0.05, 0) is 43.5 Å². The van der Waals surface area contributed by atoms with E-state index in [2.05, 4.69) is 15.9 Å². The van der Waals surface area contributed by atoms with E-state index in [4.69, 9.17) is 16.3 Å². The van der Waals surface area contributed by atoms with Crippen LogP contribution in [0.4, 0.5) is 0 Å². The number of carbonyl (C=O) groups is 1. The van der Waals surface area contributed by atoms with Gasteiger partial charge in [0.05, 0.1) is 12.2 Å². The van der Waals surface area contributed by atoms with Gasteiger partial charge >= 0.3 is 5.97 Å². The van der Waals surface area contributed by atoms with Gasteiger partial charge in [-0.25, -0.2) is 4.79 Å². The van der Waals surface area contributed by atoms with Crippen LogP contribution in [0.5, 0.6) is 0 Å². The largest absolute Gasteiger partial charge is 0.462 e. The molecule has 0 aliphatic carbocycles. The fourth-order valence-corrected chi connectivity index (χ4v) is 1.98. The number of halogens is 2. The van der Waals surface area contributed by atoms with Crippen molar-refractivity contribution in [2.45, 2.75) is 19.8 Å². The molecular formula is C12H14BrClO2. The lowest BCUT2D eigenvalue weighted by atomic mass is 10.0. The Hall–Kier alpha value is -0.540. The van der Waals surface area contributed by atoms with Gasteiger partial charge in [-0.2, -0.15) is 0 Å². The molecule has 0 radical (unpaired) electrons. The van der Waals surface area contributed by atoms with Crippen molar-refractivity contribution in [2.75, 3.05) is 12.5 Å². The van der Waals surface area contributed by atoms with Gasteiger partial charge in [0, 0.05) is 10.4 Å². The fraction of sp³-hybridized carbons (Fsp3) is 0.417. The average molecular weight is 306 g/mol. The molecule has 0 atom stereocenters. The first-order chi connectivity index (χ1) is 7.69. The van der Waals surface area contributed by atoms with Crippen molar-refractivity contribution < 1.29 is 9.53 Å². The molecule has 0 bridgehead atoms. The maximum atomic E-state index is 11.7. The van der Waals surface area contributed by atoms with E-state index in [1.165, 1.54) is 0 Å². The Bertz CT molecular complexity index is 366. The Balaban J connectivity index is 2.92. The van der Waals surface area contributed by atoms with E-state index in [0.29, 0.717) is 18.1 Å². The van der Waals surface area contributed by atoms with E-state index in [9.17, 15) is 4.79 Å². The van der Waals surface area contributed by atoms with Crippen molar-refractivity contribution in [3.8, 4) is 0 Å². The molecule has 16 heavy (non-hydrogen) atoms. The number of carbonyl (C=O) groups excluding carboxylic acids is 1. The molecule has 1 aromatic carbocycles. The van der Waals surface area contributed by atoms with Gasteiger partial charge in [0.2, 0.25) is 0 Å². The smallest absolute Gasteiger partial charge is 0.338 e. The summed E-state index contributed by atoms with van der Waals surface area (Å²) in [7, 11) is 0. The van der Waals surface area contributed by atoms with E-state index in [1.807, 2.05) is 12.1 Å². The number of hydrogen-bond acceptors (Lipinski definition) is 2. The van der Waals surface area contributed by atoms with Crippen molar-refractivity contribution in [1.82, 2.24) is 0 Å². The van der Waals surface area contributed by atoms with Crippen LogP contribution in [0.3, 0.4) is 0 Å². The van der Waals surface area contributed by atoms with Crippen LogP contribution in [-0.4, -0.2) is 18.5 Å². The summed E-state index contributed by atoms with van der Waals surface area (Å²) in [5.41, 5.74) is 1.61. The highest BCUT2D eigenvalue weighted by atomic mass is 79.9. The Morgan fingerprint density at radius 1 is 1.50 bits per heavy atom. The van der Waals surface area contributed by atoms with Crippen LogP contribution < -0.4 is 0 Å². The van der Waals surface area contributed by atoms with Crippen molar-refractivity contribution in [1.29, 1.82) is 0 Å². The molecule has 0 aliphatic heterocycles. The van der Waals surface area contributed by atoms with Gasteiger partial charge in [0.1, 0.15) is 0 Å². The van der Waals surface area contributed by atoms with Crippen LogP contribution in [0.1, 0.15) is 29.3 Å². The molecule has 0 N–H and O–H groups in total. The minimum Gasteiger partial charge on any atom is -0.462 e. The van der Waals surface area contributed by atoms with Gasteiger partial charge in [-0.1, -0.05) is 15.9 Å². The first kappa shape index (κ1) is 13.5. The second kappa shape index (κ2) is 6.92. The van der Waals surface area contributed by atoms with Crippen molar-refractivity contribution in [3.63, 3.8) is 0 Å². The number of alkyl halides is 1. The van der Waals surface area contributed by atoms with E-state index < -0.39 is 0 Å². The summed E-state index contributed by atoms with van der Waals surface area (Å²) >= 11 is 9.05. The van der Waals surface area contributed by atoms with Crippen LogP contribution >= 0.6 is 27.5 Å². The number of benzene rings is 1. The minimum atomic E-state index is -0.264. The Kier molecular flexibility index (Phi) is 5.85. The zero-order chi connectivity index (χ0) is 12.0. The lowest BCUT2D eigenvalue weighted by Gasteiger charge is -2.08. The van der Waals surface area contributed by atoms with Crippen LogP contribution in [0.25, 0.3) is 0 Å². The highest BCUT2D eigenvalue weighted by Gasteiger charge is 2.12. The summed E-state index contributed by atoms with van der Waals surface area (Å²) in [6, 6.07) is 5.57. The average Bonchev–Trinajstić information content (AvgIpc) is 2.26. The minimum absolute atomic E-state index is 0.264. The summed E-state index contributed by atoms with van der Waals surface area (Å²) in [4.78, 5) is 11.7.